The maximum Gasteiger partial charge on any atom is 0.166 e. The molecule has 5 nitrogen and oxygen atoms in total. The largest absolute Gasteiger partial charge is 0.384 e. The number of hydrogen-bond donors (Lipinski definition) is 3. The Morgan fingerprint density at radius 3 is 2.72 bits per heavy atom. The van der Waals surface area contributed by atoms with Crippen LogP contribution >= 0.6 is 0 Å². The summed E-state index contributed by atoms with van der Waals surface area (Å²) in [5.74, 6) is 0.208. The van der Waals surface area contributed by atoms with Crippen molar-refractivity contribution in [3.8, 4) is 11.3 Å². The van der Waals surface area contributed by atoms with Crippen molar-refractivity contribution in [1.29, 1.82) is 0 Å². The minimum atomic E-state index is -0.306. The van der Waals surface area contributed by atoms with E-state index < -0.39 is 0 Å². The molecule has 0 unspecified atom stereocenters. The average molecular weight is 336 g/mol. The molecule has 0 atom stereocenters. The fraction of sp³-hybridized carbons (Fsp3) is 0.158. The van der Waals surface area contributed by atoms with E-state index in [0.29, 0.717) is 29.2 Å². The Bertz CT molecular complexity index is 947. The lowest BCUT2D eigenvalue weighted by Gasteiger charge is -2.13. The number of nitrogens with one attached hydrogen (secondary N) is 2. The summed E-state index contributed by atoms with van der Waals surface area (Å²) in [4.78, 5) is 19.9. The van der Waals surface area contributed by atoms with Crippen molar-refractivity contribution in [3.05, 3.63) is 59.7 Å². The third kappa shape index (κ3) is 2.87. The number of pyridine rings is 1. The number of aryl methyl sites for hydroxylation is 1. The molecule has 0 saturated carbocycles. The number of fused-ring (bicyclic) bond motifs is 1. The highest BCUT2D eigenvalue weighted by molar-refractivity contribution is 6.07. The lowest BCUT2D eigenvalue weighted by molar-refractivity contribution is 0.0973. The first-order valence-corrected chi connectivity index (χ1v) is 8.14. The lowest BCUT2D eigenvalue weighted by atomic mass is 9.95. The molecule has 0 amide bonds. The van der Waals surface area contributed by atoms with Crippen LogP contribution in [0.1, 0.15) is 28.9 Å². The number of ketones is 1. The van der Waals surface area contributed by atoms with Gasteiger partial charge in [0.15, 0.2) is 5.78 Å². The van der Waals surface area contributed by atoms with E-state index in [0.717, 1.165) is 29.8 Å². The summed E-state index contributed by atoms with van der Waals surface area (Å²) in [6.07, 6.45) is 3.81. The highest BCUT2D eigenvalue weighted by Gasteiger charge is 2.27. The summed E-state index contributed by atoms with van der Waals surface area (Å²) < 4.78 is 13.2. The van der Waals surface area contributed by atoms with Crippen LogP contribution in [0.15, 0.2) is 42.6 Å². The lowest BCUT2D eigenvalue weighted by Crippen LogP contribution is -2.10. The molecule has 1 aliphatic rings. The molecule has 0 bridgehead atoms. The van der Waals surface area contributed by atoms with Gasteiger partial charge in [0.2, 0.25) is 0 Å². The maximum atomic E-state index is 13.2. The van der Waals surface area contributed by atoms with Crippen molar-refractivity contribution < 1.29 is 9.18 Å². The first-order valence-electron chi connectivity index (χ1n) is 8.14. The van der Waals surface area contributed by atoms with E-state index in [4.69, 9.17) is 5.73 Å². The first-order chi connectivity index (χ1) is 12.1. The summed E-state index contributed by atoms with van der Waals surface area (Å²) in [5.41, 5.74) is 10.5. The summed E-state index contributed by atoms with van der Waals surface area (Å²) in [6, 6.07) is 9.66. The molecule has 6 heteroatoms. The molecule has 0 spiro atoms. The van der Waals surface area contributed by atoms with E-state index in [9.17, 15) is 9.18 Å². The van der Waals surface area contributed by atoms with Gasteiger partial charge in [0.05, 0.1) is 16.9 Å². The molecular weight excluding hydrogens is 319 g/mol. The van der Waals surface area contributed by atoms with Gasteiger partial charge >= 0.3 is 0 Å². The SMILES string of the molecule is Nc1cc(-c2[nH]c3c(c2Nc2ccc(F)cc2)C(=O)CCC3)ccn1. The predicted molar refractivity (Wildman–Crippen MR) is 95.4 cm³/mol. The molecule has 1 aliphatic carbocycles. The second-order valence-electron chi connectivity index (χ2n) is 6.11. The van der Waals surface area contributed by atoms with Crippen molar-refractivity contribution in [3.63, 3.8) is 0 Å². The minimum Gasteiger partial charge on any atom is -0.384 e. The molecule has 0 fully saturated rings. The zero-order chi connectivity index (χ0) is 17.4. The molecule has 4 rings (SSSR count). The Kier molecular flexibility index (Phi) is 3.72. The number of nitrogens with two attached hydrogens (primary N) is 1. The molecule has 2 aromatic heterocycles. The number of H-pyrrole nitrogens is 1. The van der Waals surface area contributed by atoms with Gasteiger partial charge in [0.1, 0.15) is 11.6 Å². The molecule has 3 aromatic rings. The number of rotatable bonds is 3. The number of anilines is 3. The Labute approximate surface area is 144 Å². The predicted octanol–water partition coefficient (Wildman–Crippen LogP) is 4.06. The third-order valence-corrected chi connectivity index (χ3v) is 4.37. The molecular formula is C19H17FN4O. The van der Waals surface area contributed by atoms with E-state index in [1.54, 1.807) is 24.4 Å². The van der Waals surface area contributed by atoms with Crippen LogP contribution in [0.25, 0.3) is 11.3 Å². The topological polar surface area (TPSA) is 83.8 Å². The second kappa shape index (κ2) is 6.05. The van der Waals surface area contributed by atoms with Gasteiger partial charge < -0.3 is 16.0 Å². The molecule has 4 N–H and O–H groups in total. The number of aromatic amines is 1. The molecule has 126 valence electrons. The molecule has 0 saturated heterocycles. The monoisotopic (exact) mass is 336 g/mol. The number of nitrogen functional groups attached to an aromatic ring is 1. The van der Waals surface area contributed by atoms with Crippen molar-refractivity contribution in [2.45, 2.75) is 19.3 Å². The summed E-state index contributed by atoms with van der Waals surface area (Å²) in [6.45, 7) is 0. The zero-order valence-corrected chi connectivity index (χ0v) is 13.5. The van der Waals surface area contributed by atoms with E-state index in [1.165, 1.54) is 12.1 Å². The van der Waals surface area contributed by atoms with Gasteiger partial charge in [-0.2, -0.15) is 0 Å². The molecule has 0 aliphatic heterocycles. The van der Waals surface area contributed by atoms with Crippen molar-refractivity contribution in [2.75, 3.05) is 11.1 Å². The van der Waals surface area contributed by atoms with Crippen LogP contribution in [0.5, 0.6) is 0 Å². The van der Waals surface area contributed by atoms with Crippen LogP contribution in [0.4, 0.5) is 21.6 Å². The van der Waals surface area contributed by atoms with Gasteiger partial charge in [0, 0.05) is 29.6 Å². The summed E-state index contributed by atoms with van der Waals surface area (Å²) >= 11 is 0. The highest BCUT2D eigenvalue weighted by Crippen LogP contribution is 2.38. The van der Waals surface area contributed by atoms with Crippen LogP contribution in [0.2, 0.25) is 0 Å². The van der Waals surface area contributed by atoms with Crippen molar-refractivity contribution in [1.82, 2.24) is 9.97 Å². The summed E-state index contributed by atoms with van der Waals surface area (Å²) in [7, 11) is 0. The Morgan fingerprint density at radius 2 is 1.96 bits per heavy atom. The number of hydrogen-bond acceptors (Lipinski definition) is 4. The van der Waals surface area contributed by atoms with Crippen LogP contribution in [-0.2, 0) is 6.42 Å². The number of Topliss-reactive ketones (excluding diaryl/α,β-unsaturated/α-hetero) is 1. The Hall–Kier alpha value is -3.15. The zero-order valence-electron chi connectivity index (χ0n) is 13.5. The van der Waals surface area contributed by atoms with Gasteiger partial charge in [-0.25, -0.2) is 9.37 Å². The van der Waals surface area contributed by atoms with Crippen LogP contribution in [0.3, 0.4) is 0 Å². The Morgan fingerprint density at radius 1 is 1.16 bits per heavy atom. The molecule has 2 heterocycles. The Balaban J connectivity index is 1.86. The number of carbonyl (C=O) groups is 1. The van der Waals surface area contributed by atoms with E-state index in [1.807, 2.05) is 6.07 Å². The molecule has 0 radical (unpaired) electrons. The number of benzene rings is 1. The normalized spacial score (nSPS) is 13.6. The van der Waals surface area contributed by atoms with Gasteiger partial charge in [-0.3, -0.25) is 4.79 Å². The number of nitrogens with zero attached hydrogens (tertiary/aromatic N) is 1. The van der Waals surface area contributed by atoms with Gasteiger partial charge in [-0.1, -0.05) is 0 Å². The van der Waals surface area contributed by atoms with Crippen molar-refractivity contribution >= 4 is 23.0 Å². The summed E-state index contributed by atoms with van der Waals surface area (Å²) in [5, 5.41) is 3.28. The highest BCUT2D eigenvalue weighted by atomic mass is 19.1. The van der Waals surface area contributed by atoms with E-state index in [2.05, 4.69) is 15.3 Å². The van der Waals surface area contributed by atoms with E-state index >= 15 is 0 Å². The number of aromatic nitrogens is 2. The number of halogens is 1. The van der Waals surface area contributed by atoms with Crippen LogP contribution in [0, 0.1) is 5.82 Å². The first kappa shape index (κ1) is 15.4. The quantitative estimate of drug-likeness (QED) is 0.673. The standard InChI is InChI=1S/C19H17FN4O/c20-12-4-6-13(7-5-12)23-19-17-14(2-1-3-15(17)25)24-18(19)11-8-9-22-16(21)10-11/h4-10,23-24H,1-3H2,(H2,21,22). The van der Waals surface area contributed by atoms with Crippen LogP contribution < -0.4 is 11.1 Å². The molecule has 1 aromatic carbocycles. The minimum absolute atomic E-state index is 0.107. The van der Waals surface area contributed by atoms with Gasteiger partial charge in [-0.15, -0.1) is 0 Å². The average Bonchev–Trinajstić information content (AvgIpc) is 2.97. The second-order valence-corrected chi connectivity index (χ2v) is 6.11. The fourth-order valence-electron chi connectivity index (χ4n) is 3.22. The van der Waals surface area contributed by atoms with Gasteiger partial charge in [-0.05, 0) is 49.2 Å². The smallest absolute Gasteiger partial charge is 0.166 e. The third-order valence-electron chi connectivity index (χ3n) is 4.37. The maximum absolute atomic E-state index is 13.2. The number of carbonyl (C=O) groups excluding carboxylic acids is 1. The van der Waals surface area contributed by atoms with E-state index in [-0.39, 0.29) is 11.6 Å². The molecule has 25 heavy (non-hydrogen) atoms. The van der Waals surface area contributed by atoms with Crippen molar-refractivity contribution in [2.24, 2.45) is 0 Å². The fourth-order valence-corrected chi connectivity index (χ4v) is 3.22. The van der Waals surface area contributed by atoms with Gasteiger partial charge in [0.25, 0.3) is 0 Å². The van der Waals surface area contributed by atoms with Crippen LogP contribution in [-0.4, -0.2) is 15.8 Å².